The summed E-state index contributed by atoms with van der Waals surface area (Å²) in [4.78, 5) is 30.9. The number of nitrogens with one attached hydrogen (secondary N) is 1. The van der Waals surface area contributed by atoms with Gasteiger partial charge in [0.25, 0.3) is 0 Å². The lowest BCUT2D eigenvalue weighted by atomic mass is 10.3. The highest BCUT2D eigenvalue weighted by molar-refractivity contribution is 7.10. The van der Waals surface area contributed by atoms with Crippen LogP contribution in [0.3, 0.4) is 0 Å². The summed E-state index contributed by atoms with van der Waals surface area (Å²) in [5.74, 6) is 3.05. The number of anilines is 3. The topological polar surface area (TPSA) is 74.2 Å². The van der Waals surface area contributed by atoms with E-state index >= 15 is 0 Å². The van der Waals surface area contributed by atoms with Crippen LogP contribution in [-0.4, -0.2) is 51.9 Å². The second-order valence-corrected chi connectivity index (χ2v) is 7.64. The van der Waals surface area contributed by atoms with E-state index in [4.69, 9.17) is 0 Å². The lowest BCUT2D eigenvalue weighted by molar-refractivity contribution is -0.126. The summed E-state index contributed by atoms with van der Waals surface area (Å²) >= 11 is 1.62. The molecule has 4 heterocycles. The van der Waals surface area contributed by atoms with Gasteiger partial charge in [-0.1, -0.05) is 12.1 Å². The number of amides is 1. The minimum Gasteiger partial charge on any atom is -0.353 e. The minimum absolute atomic E-state index is 0.0504. The van der Waals surface area contributed by atoms with Gasteiger partial charge in [0.1, 0.15) is 23.3 Å². The Morgan fingerprint density at radius 3 is 2.69 bits per heavy atom. The van der Waals surface area contributed by atoms with Crippen LogP contribution < -0.4 is 10.2 Å². The third-order valence-electron chi connectivity index (χ3n) is 4.59. The Kier molecular flexibility index (Phi) is 5.81. The molecule has 7 nitrogen and oxygen atoms in total. The number of rotatable bonds is 5. The van der Waals surface area contributed by atoms with E-state index < -0.39 is 0 Å². The van der Waals surface area contributed by atoms with Crippen molar-refractivity contribution in [1.29, 1.82) is 0 Å². The maximum absolute atomic E-state index is 12.4. The number of aromatic nitrogens is 3. The predicted octanol–water partition coefficient (Wildman–Crippen LogP) is 3.35. The highest BCUT2D eigenvalue weighted by Crippen LogP contribution is 2.20. The highest BCUT2D eigenvalue weighted by Gasteiger charge is 2.21. The van der Waals surface area contributed by atoms with Crippen molar-refractivity contribution in [2.24, 2.45) is 0 Å². The number of hydrogen-bond acceptors (Lipinski definition) is 7. The number of aryl methyl sites for hydroxylation is 1. The Morgan fingerprint density at radius 2 is 1.97 bits per heavy atom. The van der Waals surface area contributed by atoms with Crippen molar-refractivity contribution in [3.8, 4) is 0 Å². The second-order valence-electron chi connectivity index (χ2n) is 6.66. The zero-order chi connectivity index (χ0) is 20.1. The first-order valence-electron chi connectivity index (χ1n) is 9.46. The number of pyridine rings is 1. The number of thiophene rings is 1. The number of carbonyl (C=O) groups excluding carboxylic acids is 1. The van der Waals surface area contributed by atoms with Crippen LogP contribution in [0, 0.1) is 6.92 Å². The maximum Gasteiger partial charge on any atom is 0.246 e. The summed E-state index contributed by atoms with van der Waals surface area (Å²) in [6.07, 6.45) is 5.27. The molecule has 3 aromatic rings. The molecule has 1 amide bonds. The van der Waals surface area contributed by atoms with E-state index in [1.807, 2.05) is 59.7 Å². The van der Waals surface area contributed by atoms with Gasteiger partial charge in [-0.3, -0.25) is 4.79 Å². The Morgan fingerprint density at radius 1 is 1.10 bits per heavy atom. The maximum atomic E-state index is 12.4. The van der Waals surface area contributed by atoms with Crippen molar-refractivity contribution in [3.05, 3.63) is 64.8 Å². The Labute approximate surface area is 173 Å². The molecule has 0 saturated carbocycles. The summed E-state index contributed by atoms with van der Waals surface area (Å²) in [6.45, 7) is 4.68. The van der Waals surface area contributed by atoms with Crippen molar-refractivity contribution >= 4 is 40.8 Å². The summed E-state index contributed by atoms with van der Waals surface area (Å²) in [6, 6.07) is 11.6. The molecule has 1 fully saturated rings. The number of hydrogen-bond donors (Lipinski definition) is 1. The number of nitrogens with zero attached hydrogens (tertiary/aromatic N) is 5. The van der Waals surface area contributed by atoms with Gasteiger partial charge >= 0.3 is 0 Å². The van der Waals surface area contributed by atoms with Crippen LogP contribution in [0.15, 0.2) is 54.1 Å². The van der Waals surface area contributed by atoms with Crippen LogP contribution in [0.5, 0.6) is 0 Å². The van der Waals surface area contributed by atoms with E-state index in [0.29, 0.717) is 24.7 Å². The van der Waals surface area contributed by atoms with Gasteiger partial charge in [-0.05, 0) is 36.6 Å². The van der Waals surface area contributed by atoms with Crippen LogP contribution in [-0.2, 0) is 4.79 Å². The van der Waals surface area contributed by atoms with Crippen molar-refractivity contribution in [2.75, 3.05) is 36.4 Å². The smallest absolute Gasteiger partial charge is 0.246 e. The molecular formula is C21H22N6OS. The number of carbonyl (C=O) groups is 1. The quantitative estimate of drug-likeness (QED) is 0.655. The van der Waals surface area contributed by atoms with Gasteiger partial charge in [0.15, 0.2) is 0 Å². The third kappa shape index (κ3) is 4.97. The summed E-state index contributed by atoms with van der Waals surface area (Å²) < 4.78 is 0. The fourth-order valence-electron chi connectivity index (χ4n) is 3.15. The normalized spacial score (nSPS) is 14.4. The van der Waals surface area contributed by atoms with E-state index in [1.54, 1.807) is 23.6 Å². The van der Waals surface area contributed by atoms with Gasteiger partial charge in [-0.2, -0.15) is 0 Å². The van der Waals surface area contributed by atoms with Crippen molar-refractivity contribution < 1.29 is 4.79 Å². The molecule has 0 radical (unpaired) electrons. The molecule has 1 saturated heterocycles. The monoisotopic (exact) mass is 406 g/mol. The second kappa shape index (κ2) is 8.83. The molecule has 1 N–H and O–H groups in total. The van der Waals surface area contributed by atoms with Crippen molar-refractivity contribution in [2.45, 2.75) is 6.92 Å². The lowest BCUT2D eigenvalue weighted by Crippen LogP contribution is -2.48. The zero-order valence-electron chi connectivity index (χ0n) is 16.2. The van der Waals surface area contributed by atoms with E-state index in [9.17, 15) is 4.79 Å². The molecule has 0 aromatic carbocycles. The first kappa shape index (κ1) is 19.1. The standard InChI is InChI=1S/C21H22N6OS/c1-16-23-19(25-18-6-2-3-9-22-18)15-20(24-16)26-10-12-27(13-11-26)21(28)8-7-17-5-4-14-29-17/h2-9,14-15H,10-13H2,1H3,(H,22,23,24,25)/b8-7+. The Hall–Kier alpha value is -3.26. The van der Waals surface area contributed by atoms with Gasteiger partial charge in [-0.15, -0.1) is 11.3 Å². The molecule has 1 aliphatic rings. The molecule has 1 aliphatic heterocycles. The molecule has 148 valence electrons. The van der Waals surface area contributed by atoms with Crippen LogP contribution >= 0.6 is 11.3 Å². The Balaban J connectivity index is 1.38. The fourth-order valence-corrected chi connectivity index (χ4v) is 3.76. The molecule has 0 aliphatic carbocycles. The molecule has 4 rings (SSSR count). The third-order valence-corrected chi connectivity index (χ3v) is 5.43. The largest absolute Gasteiger partial charge is 0.353 e. The van der Waals surface area contributed by atoms with Crippen LogP contribution in [0.25, 0.3) is 6.08 Å². The molecule has 0 spiro atoms. The molecule has 0 unspecified atom stereocenters. The zero-order valence-corrected chi connectivity index (χ0v) is 17.0. The first-order chi connectivity index (χ1) is 14.2. The first-order valence-corrected chi connectivity index (χ1v) is 10.3. The van der Waals surface area contributed by atoms with Gasteiger partial charge in [-0.25, -0.2) is 15.0 Å². The summed E-state index contributed by atoms with van der Waals surface area (Å²) in [5, 5.41) is 5.22. The molecule has 0 atom stereocenters. The van der Waals surface area contributed by atoms with Crippen LogP contribution in [0.1, 0.15) is 10.7 Å². The molecular weight excluding hydrogens is 384 g/mol. The van der Waals surface area contributed by atoms with Crippen molar-refractivity contribution in [1.82, 2.24) is 19.9 Å². The van der Waals surface area contributed by atoms with E-state index in [1.165, 1.54) is 0 Å². The van der Waals surface area contributed by atoms with Crippen LogP contribution in [0.4, 0.5) is 17.5 Å². The molecule has 0 bridgehead atoms. The highest BCUT2D eigenvalue weighted by atomic mass is 32.1. The average Bonchev–Trinajstić information content (AvgIpc) is 3.26. The van der Waals surface area contributed by atoms with Gasteiger partial charge in [0, 0.05) is 49.4 Å². The minimum atomic E-state index is 0.0504. The molecule has 8 heteroatoms. The van der Waals surface area contributed by atoms with Gasteiger partial charge in [0.05, 0.1) is 0 Å². The fraction of sp³-hybridized carbons (Fsp3) is 0.238. The lowest BCUT2D eigenvalue weighted by Gasteiger charge is -2.35. The van der Waals surface area contributed by atoms with Crippen LogP contribution in [0.2, 0.25) is 0 Å². The molecule has 29 heavy (non-hydrogen) atoms. The van der Waals surface area contributed by atoms with E-state index in [2.05, 4.69) is 25.2 Å². The van der Waals surface area contributed by atoms with Gasteiger partial charge in [0.2, 0.25) is 5.91 Å². The average molecular weight is 407 g/mol. The molecule has 3 aromatic heterocycles. The van der Waals surface area contributed by atoms with Crippen molar-refractivity contribution in [3.63, 3.8) is 0 Å². The summed E-state index contributed by atoms with van der Waals surface area (Å²) in [7, 11) is 0. The van der Waals surface area contributed by atoms with E-state index in [-0.39, 0.29) is 5.91 Å². The predicted molar refractivity (Wildman–Crippen MR) is 116 cm³/mol. The number of piperazine rings is 1. The van der Waals surface area contributed by atoms with Gasteiger partial charge < -0.3 is 15.1 Å². The Bertz CT molecular complexity index is 982. The SMILES string of the molecule is Cc1nc(Nc2ccccn2)cc(N2CCN(C(=O)/C=C/c3cccs3)CC2)n1. The summed E-state index contributed by atoms with van der Waals surface area (Å²) in [5.41, 5.74) is 0. The van der Waals surface area contributed by atoms with E-state index in [0.717, 1.165) is 29.6 Å².